The zero-order valence-electron chi connectivity index (χ0n) is 8.40. The van der Waals surface area contributed by atoms with Crippen molar-refractivity contribution < 1.29 is 9.90 Å². The number of nitrogens with one attached hydrogen (secondary N) is 1. The van der Waals surface area contributed by atoms with Crippen LogP contribution >= 0.6 is 11.6 Å². The number of aromatic carboxylic acids is 1. The summed E-state index contributed by atoms with van der Waals surface area (Å²) in [6, 6.07) is 10.8. The lowest BCUT2D eigenvalue weighted by Gasteiger charge is -1.99. The average Bonchev–Trinajstić information content (AvgIpc) is 2.70. The van der Waals surface area contributed by atoms with Gasteiger partial charge in [-0.05, 0) is 29.8 Å². The summed E-state index contributed by atoms with van der Waals surface area (Å²) in [5, 5.41) is 9.45. The first kappa shape index (κ1) is 10.8. The van der Waals surface area contributed by atoms with E-state index in [2.05, 4.69) is 4.98 Å². The molecule has 0 amide bonds. The molecule has 1 heterocycles. The first-order valence-electron chi connectivity index (χ1n) is 4.81. The second kappa shape index (κ2) is 4.41. The van der Waals surface area contributed by atoms with Gasteiger partial charge in [0.2, 0.25) is 0 Å². The normalized spacial score (nSPS) is 10.3. The van der Waals surface area contributed by atoms with E-state index < -0.39 is 5.97 Å². The maximum Gasteiger partial charge on any atom is 0.352 e. The van der Waals surface area contributed by atoms with Gasteiger partial charge in [0.15, 0.2) is 0 Å². The lowest BCUT2D eigenvalue weighted by Crippen LogP contribution is -1.97. The molecule has 0 aliphatic carbocycles. The number of aromatic amines is 1. The van der Waals surface area contributed by atoms with Crippen molar-refractivity contribution in [1.82, 2.24) is 4.98 Å². The van der Waals surface area contributed by atoms with E-state index in [9.17, 15) is 4.79 Å². The maximum absolute atomic E-state index is 10.7. The van der Waals surface area contributed by atoms with Crippen molar-refractivity contribution >= 4 is 17.6 Å². The van der Waals surface area contributed by atoms with E-state index in [-0.39, 0.29) is 5.69 Å². The molecular formula is C12H10ClNO2. The van der Waals surface area contributed by atoms with Crippen LogP contribution in [0.5, 0.6) is 0 Å². The van der Waals surface area contributed by atoms with Crippen LogP contribution in [0.2, 0.25) is 5.02 Å². The van der Waals surface area contributed by atoms with Crippen molar-refractivity contribution in [3.05, 3.63) is 58.4 Å². The van der Waals surface area contributed by atoms with Gasteiger partial charge in [-0.3, -0.25) is 0 Å². The van der Waals surface area contributed by atoms with Gasteiger partial charge in [0.1, 0.15) is 5.69 Å². The van der Waals surface area contributed by atoms with Crippen molar-refractivity contribution in [2.24, 2.45) is 0 Å². The van der Waals surface area contributed by atoms with Gasteiger partial charge < -0.3 is 10.1 Å². The maximum atomic E-state index is 10.7. The van der Waals surface area contributed by atoms with Crippen LogP contribution in [0.25, 0.3) is 0 Å². The van der Waals surface area contributed by atoms with Crippen LogP contribution in [0, 0.1) is 0 Å². The molecule has 82 valence electrons. The van der Waals surface area contributed by atoms with E-state index in [1.165, 1.54) is 0 Å². The summed E-state index contributed by atoms with van der Waals surface area (Å²) in [5.74, 6) is -0.942. The Kier molecular flexibility index (Phi) is 2.97. The minimum atomic E-state index is -0.942. The van der Waals surface area contributed by atoms with Gasteiger partial charge in [0.05, 0.1) is 0 Å². The zero-order valence-corrected chi connectivity index (χ0v) is 9.16. The van der Waals surface area contributed by atoms with Crippen molar-refractivity contribution in [3.63, 3.8) is 0 Å². The topological polar surface area (TPSA) is 53.1 Å². The molecule has 0 aliphatic rings. The Labute approximate surface area is 97.7 Å². The zero-order chi connectivity index (χ0) is 11.5. The predicted molar refractivity (Wildman–Crippen MR) is 62.0 cm³/mol. The van der Waals surface area contributed by atoms with Crippen LogP contribution in [0.3, 0.4) is 0 Å². The third-order valence-corrected chi connectivity index (χ3v) is 2.54. The number of carboxylic acids is 1. The highest BCUT2D eigenvalue weighted by Gasteiger charge is 2.05. The van der Waals surface area contributed by atoms with Crippen molar-refractivity contribution in [3.8, 4) is 0 Å². The third-order valence-electron chi connectivity index (χ3n) is 2.28. The summed E-state index contributed by atoms with van der Waals surface area (Å²) in [6.07, 6.45) is 0.671. The van der Waals surface area contributed by atoms with Crippen LogP contribution in [-0.4, -0.2) is 16.1 Å². The Morgan fingerprint density at radius 3 is 2.44 bits per heavy atom. The molecule has 0 fully saturated rings. The standard InChI is InChI=1S/C12H10ClNO2/c13-9-3-1-8(2-4-9)7-10-5-6-11(14-10)12(15)16/h1-6,14H,7H2,(H,15,16). The molecule has 0 unspecified atom stereocenters. The predicted octanol–water partition coefficient (Wildman–Crippen LogP) is 2.96. The highest BCUT2D eigenvalue weighted by molar-refractivity contribution is 6.30. The van der Waals surface area contributed by atoms with E-state index >= 15 is 0 Å². The molecule has 4 heteroatoms. The van der Waals surface area contributed by atoms with Crippen LogP contribution in [0.15, 0.2) is 36.4 Å². The molecule has 0 spiro atoms. The largest absolute Gasteiger partial charge is 0.477 e. The molecule has 2 N–H and O–H groups in total. The number of hydrogen-bond donors (Lipinski definition) is 2. The van der Waals surface area contributed by atoms with Gasteiger partial charge in [0, 0.05) is 17.1 Å². The molecule has 1 aromatic carbocycles. The molecule has 0 bridgehead atoms. The van der Waals surface area contributed by atoms with Crippen molar-refractivity contribution in [2.45, 2.75) is 6.42 Å². The lowest BCUT2D eigenvalue weighted by atomic mass is 10.1. The minimum Gasteiger partial charge on any atom is -0.477 e. The highest BCUT2D eigenvalue weighted by atomic mass is 35.5. The Morgan fingerprint density at radius 1 is 1.19 bits per heavy atom. The van der Waals surface area contributed by atoms with Gasteiger partial charge >= 0.3 is 5.97 Å². The van der Waals surface area contributed by atoms with Crippen molar-refractivity contribution in [1.29, 1.82) is 0 Å². The van der Waals surface area contributed by atoms with Crippen LogP contribution in [0.4, 0.5) is 0 Å². The first-order chi connectivity index (χ1) is 7.65. The summed E-state index contributed by atoms with van der Waals surface area (Å²) in [6.45, 7) is 0. The summed E-state index contributed by atoms with van der Waals surface area (Å²) < 4.78 is 0. The fourth-order valence-corrected chi connectivity index (χ4v) is 1.62. The first-order valence-corrected chi connectivity index (χ1v) is 5.18. The summed E-state index contributed by atoms with van der Waals surface area (Å²) in [7, 11) is 0. The summed E-state index contributed by atoms with van der Waals surface area (Å²) in [4.78, 5) is 13.5. The molecule has 16 heavy (non-hydrogen) atoms. The Morgan fingerprint density at radius 2 is 1.88 bits per heavy atom. The highest BCUT2D eigenvalue weighted by Crippen LogP contribution is 2.13. The number of carbonyl (C=O) groups is 1. The number of carboxylic acid groups (broad SMARTS) is 1. The van der Waals surface area contributed by atoms with E-state index in [0.717, 1.165) is 11.3 Å². The van der Waals surface area contributed by atoms with Gasteiger partial charge in [-0.2, -0.15) is 0 Å². The fraction of sp³-hybridized carbons (Fsp3) is 0.0833. The molecular weight excluding hydrogens is 226 g/mol. The molecule has 0 atom stereocenters. The molecule has 2 rings (SSSR count). The Balaban J connectivity index is 2.14. The number of rotatable bonds is 3. The van der Waals surface area contributed by atoms with Gasteiger partial charge in [-0.25, -0.2) is 4.79 Å². The van der Waals surface area contributed by atoms with Crippen molar-refractivity contribution in [2.75, 3.05) is 0 Å². The Bertz CT molecular complexity index is 502. The monoisotopic (exact) mass is 235 g/mol. The molecule has 3 nitrogen and oxygen atoms in total. The van der Waals surface area contributed by atoms with Gasteiger partial charge in [-0.1, -0.05) is 23.7 Å². The fourth-order valence-electron chi connectivity index (χ4n) is 1.49. The van der Waals surface area contributed by atoms with Crippen LogP contribution < -0.4 is 0 Å². The van der Waals surface area contributed by atoms with Gasteiger partial charge in [0.25, 0.3) is 0 Å². The molecule has 0 radical (unpaired) electrons. The smallest absolute Gasteiger partial charge is 0.352 e. The average molecular weight is 236 g/mol. The van der Waals surface area contributed by atoms with E-state index in [1.807, 2.05) is 24.3 Å². The second-order valence-corrected chi connectivity index (χ2v) is 3.94. The van der Waals surface area contributed by atoms with E-state index in [0.29, 0.717) is 11.4 Å². The summed E-state index contributed by atoms with van der Waals surface area (Å²) in [5.41, 5.74) is 2.17. The molecule has 0 aliphatic heterocycles. The Hall–Kier alpha value is -1.74. The van der Waals surface area contributed by atoms with E-state index in [1.54, 1.807) is 12.1 Å². The number of H-pyrrole nitrogens is 1. The van der Waals surface area contributed by atoms with Crippen LogP contribution in [-0.2, 0) is 6.42 Å². The number of aromatic nitrogens is 1. The summed E-state index contributed by atoms with van der Waals surface area (Å²) >= 11 is 5.77. The lowest BCUT2D eigenvalue weighted by molar-refractivity contribution is 0.0691. The van der Waals surface area contributed by atoms with Gasteiger partial charge in [-0.15, -0.1) is 0 Å². The minimum absolute atomic E-state index is 0.212. The van der Waals surface area contributed by atoms with E-state index in [4.69, 9.17) is 16.7 Å². The molecule has 0 saturated carbocycles. The quantitative estimate of drug-likeness (QED) is 0.859. The van der Waals surface area contributed by atoms with Crippen LogP contribution in [0.1, 0.15) is 21.7 Å². The molecule has 1 aromatic heterocycles. The third kappa shape index (κ3) is 2.44. The second-order valence-electron chi connectivity index (χ2n) is 3.51. The number of hydrogen-bond acceptors (Lipinski definition) is 1. The molecule has 0 saturated heterocycles. The SMILES string of the molecule is O=C(O)c1ccc(Cc2ccc(Cl)cc2)[nH]1. The molecule has 2 aromatic rings. The number of halogens is 1. The number of benzene rings is 1.